The van der Waals surface area contributed by atoms with Gasteiger partial charge in [-0.1, -0.05) is 36.0 Å². The van der Waals surface area contributed by atoms with E-state index in [-0.39, 0.29) is 35.5 Å². The summed E-state index contributed by atoms with van der Waals surface area (Å²) in [5.74, 6) is 1.22. The first-order chi connectivity index (χ1) is 14.0. The van der Waals surface area contributed by atoms with Crippen molar-refractivity contribution in [1.82, 2.24) is 4.90 Å². The van der Waals surface area contributed by atoms with Crippen molar-refractivity contribution in [2.75, 3.05) is 18.3 Å². The molecule has 3 aliphatic heterocycles. The Balaban J connectivity index is 1.46. The Morgan fingerprint density at radius 1 is 1.10 bits per heavy atom. The SMILES string of the molecule is O=C(N=C1S[C@@H]2CS(=O)(=O)C[C@H]2N1Cc1ccc2c(c1)OCO2)c1ccccc1. The minimum absolute atomic E-state index is 0.0771. The van der Waals surface area contributed by atoms with Gasteiger partial charge in [0.15, 0.2) is 26.5 Å². The molecule has 0 unspecified atom stereocenters. The summed E-state index contributed by atoms with van der Waals surface area (Å²) in [5, 5.41) is 0.456. The molecule has 3 aliphatic rings. The number of aliphatic imine (C=N–C) groups is 1. The fourth-order valence-electron chi connectivity index (χ4n) is 3.79. The predicted molar refractivity (Wildman–Crippen MR) is 110 cm³/mol. The largest absolute Gasteiger partial charge is 0.454 e. The van der Waals surface area contributed by atoms with Crippen LogP contribution >= 0.6 is 11.8 Å². The summed E-state index contributed by atoms with van der Waals surface area (Å²) in [6.07, 6.45) is 0. The van der Waals surface area contributed by atoms with Crippen LogP contribution < -0.4 is 9.47 Å². The molecule has 1 amide bonds. The molecule has 0 bridgehead atoms. The van der Waals surface area contributed by atoms with E-state index in [0.717, 1.165) is 5.56 Å². The average Bonchev–Trinajstić information content (AvgIpc) is 3.36. The maximum absolute atomic E-state index is 12.6. The van der Waals surface area contributed by atoms with E-state index in [1.54, 1.807) is 24.3 Å². The number of thioether (sulfide) groups is 1. The minimum Gasteiger partial charge on any atom is -0.454 e. The molecule has 0 saturated carbocycles. The van der Waals surface area contributed by atoms with E-state index in [9.17, 15) is 13.2 Å². The number of amidine groups is 1. The molecule has 0 spiro atoms. The van der Waals surface area contributed by atoms with Crippen molar-refractivity contribution in [2.45, 2.75) is 17.8 Å². The fourth-order valence-corrected chi connectivity index (χ4v) is 7.74. The Bertz CT molecular complexity index is 1100. The van der Waals surface area contributed by atoms with E-state index < -0.39 is 9.84 Å². The van der Waals surface area contributed by atoms with E-state index in [1.807, 2.05) is 29.2 Å². The number of nitrogens with zero attached hydrogens (tertiary/aromatic N) is 2. The van der Waals surface area contributed by atoms with Crippen molar-refractivity contribution in [3.8, 4) is 11.5 Å². The van der Waals surface area contributed by atoms with E-state index in [4.69, 9.17) is 9.47 Å². The van der Waals surface area contributed by atoms with E-state index in [2.05, 4.69) is 4.99 Å². The molecule has 0 N–H and O–H groups in total. The summed E-state index contributed by atoms with van der Waals surface area (Å²) in [4.78, 5) is 18.9. The lowest BCUT2D eigenvalue weighted by Gasteiger charge is -2.24. The second-order valence-corrected chi connectivity index (χ2v) is 10.5. The van der Waals surface area contributed by atoms with Gasteiger partial charge >= 0.3 is 0 Å². The van der Waals surface area contributed by atoms with Crippen LogP contribution in [0.4, 0.5) is 0 Å². The molecule has 0 aliphatic carbocycles. The van der Waals surface area contributed by atoms with E-state index >= 15 is 0 Å². The maximum atomic E-state index is 12.6. The summed E-state index contributed by atoms with van der Waals surface area (Å²) < 4.78 is 35.1. The zero-order valence-corrected chi connectivity index (χ0v) is 17.0. The highest BCUT2D eigenvalue weighted by atomic mass is 32.2. The molecule has 2 aromatic carbocycles. The summed E-state index contributed by atoms with van der Waals surface area (Å²) in [5.41, 5.74) is 1.45. The van der Waals surface area contributed by atoms with Gasteiger partial charge in [-0.25, -0.2) is 8.42 Å². The zero-order chi connectivity index (χ0) is 20.0. The van der Waals surface area contributed by atoms with Gasteiger partial charge in [-0.05, 0) is 29.8 Å². The van der Waals surface area contributed by atoms with Crippen molar-refractivity contribution in [2.24, 2.45) is 4.99 Å². The number of hydrogen-bond acceptors (Lipinski definition) is 6. The predicted octanol–water partition coefficient (Wildman–Crippen LogP) is 2.33. The van der Waals surface area contributed by atoms with Crippen LogP contribution in [0.3, 0.4) is 0 Å². The van der Waals surface area contributed by atoms with Crippen LogP contribution in [0.15, 0.2) is 53.5 Å². The Kier molecular flexibility index (Phi) is 4.51. The lowest BCUT2D eigenvalue weighted by Crippen LogP contribution is -2.37. The Hall–Kier alpha value is -2.52. The smallest absolute Gasteiger partial charge is 0.279 e. The van der Waals surface area contributed by atoms with Gasteiger partial charge in [0.1, 0.15) is 0 Å². The minimum atomic E-state index is -3.09. The molecule has 3 heterocycles. The Morgan fingerprint density at radius 3 is 2.72 bits per heavy atom. The van der Waals surface area contributed by atoms with Gasteiger partial charge < -0.3 is 14.4 Å². The van der Waals surface area contributed by atoms with Gasteiger partial charge in [0.25, 0.3) is 5.91 Å². The summed E-state index contributed by atoms with van der Waals surface area (Å²) >= 11 is 1.38. The third-order valence-corrected chi connectivity index (χ3v) is 8.43. The lowest BCUT2D eigenvalue weighted by molar-refractivity contribution is 0.100. The van der Waals surface area contributed by atoms with Crippen molar-refractivity contribution in [3.63, 3.8) is 0 Å². The number of hydrogen-bond donors (Lipinski definition) is 0. The second-order valence-electron chi connectivity index (χ2n) is 7.18. The number of rotatable bonds is 3. The third kappa shape index (κ3) is 3.60. The molecule has 2 saturated heterocycles. The lowest BCUT2D eigenvalue weighted by atomic mass is 10.1. The monoisotopic (exact) mass is 430 g/mol. The van der Waals surface area contributed by atoms with Crippen LogP contribution in [0.25, 0.3) is 0 Å². The zero-order valence-electron chi connectivity index (χ0n) is 15.4. The molecular formula is C20H18N2O5S2. The van der Waals surface area contributed by atoms with Crippen LogP contribution in [0.5, 0.6) is 11.5 Å². The average molecular weight is 431 g/mol. The Morgan fingerprint density at radius 2 is 1.90 bits per heavy atom. The van der Waals surface area contributed by atoms with Gasteiger partial charge in [0, 0.05) is 17.4 Å². The number of sulfone groups is 1. The van der Waals surface area contributed by atoms with Gasteiger partial charge in [-0.2, -0.15) is 4.99 Å². The first-order valence-corrected chi connectivity index (χ1v) is 11.9. The molecule has 0 aromatic heterocycles. The van der Waals surface area contributed by atoms with Crippen LogP contribution in [0.1, 0.15) is 15.9 Å². The molecule has 9 heteroatoms. The highest BCUT2D eigenvalue weighted by Gasteiger charge is 2.48. The van der Waals surface area contributed by atoms with Gasteiger partial charge in [-0.3, -0.25) is 4.79 Å². The quantitative estimate of drug-likeness (QED) is 0.739. The summed E-state index contributed by atoms with van der Waals surface area (Å²) in [6.45, 7) is 0.640. The second kappa shape index (κ2) is 7.07. The standard InChI is InChI=1S/C20H18N2O5S2/c23-19(14-4-2-1-3-5-14)21-20-22(15-10-29(24,25)11-18(15)28-20)9-13-6-7-16-17(8-13)27-12-26-16/h1-8,15,18H,9-12H2/t15-,18-/m1/s1. The van der Waals surface area contributed by atoms with Crippen LogP contribution in [0, 0.1) is 0 Å². The number of carbonyl (C=O) groups is 1. The first-order valence-electron chi connectivity index (χ1n) is 9.19. The number of ether oxygens (including phenoxy) is 2. The van der Waals surface area contributed by atoms with E-state index in [0.29, 0.717) is 28.8 Å². The molecule has 150 valence electrons. The van der Waals surface area contributed by atoms with Crippen molar-refractivity contribution in [1.29, 1.82) is 0 Å². The molecule has 2 fully saturated rings. The molecule has 5 rings (SSSR count). The van der Waals surface area contributed by atoms with Crippen molar-refractivity contribution < 1.29 is 22.7 Å². The Labute approximate surface area is 172 Å². The highest BCUT2D eigenvalue weighted by Crippen LogP contribution is 2.40. The molecule has 2 atom stereocenters. The molecule has 2 aromatic rings. The van der Waals surface area contributed by atoms with Crippen LogP contribution in [-0.4, -0.2) is 54.0 Å². The molecular weight excluding hydrogens is 412 g/mol. The van der Waals surface area contributed by atoms with Crippen LogP contribution in [0.2, 0.25) is 0 Å². The van der Waals surface area contributed by atoms with Crippen LogP contribution in [-0.2, 0) is 16.4 Å². The molecule has 0 radical (unpaired) electrons. The van der Waals surface area contributed by atoms with Crippen molar-refractivity contribution >= 4 is 32.7 Å². The van der Waals surface area contributed by atoms with Gasteiger partial charge in [0.2, 0.25) is 6.79 Å². The number of benzene rings is 2. The highest BCUT2D eigenvalue weighted by molar-refractivity contribution is 8.15. The van der Waals surface area contributed by atoms with Gasteiger partial charge in [0.05, 0.1) is 17.5 Å². The van der Waals surface area contributed by atoms with Gasteiger partial charge in [-0.15, -0.1) is 0 Å². The topological polar surface area (TPSA) is 85.3 Å². The van der Waals surface area contributed by atoms with Crippen molar-refractivity contribution in [3.05, 3.63) is 59.7 Å². The number of amides is 1. The normalized spacial score (nSPS) is 25.4. The molecule has 29 heavy (non-hydrogen) atoms. The first kappa shape index (κ1) is 18.5. The fraction of sp³-hybridized carbons (Fsp3) is 0.300. The third-order valence-electron chi connectivity index (χ3n) is 5.18. The number of fused-ring (bicyclic) bond motifs is 2. The maximum Gasteiger partial charge on any atom is 0.279 e. The van der Waals surface area contributed by atoms with E-state index in [1.165, 1.54) is 11.8 Å². The summed E-state index contributed by atoms with van der Waals surface area (Å²) in [6, 6.07) is 14.3. The molecule has 7 nitrogen and oxygen atoms in total. The number of carbonyl (C=O) groups excluding carboxylic acids is 1. The summed E-state index contributed by atoms with van der Waals surface area (Å²) in [7, 11) is -3.09.